The molecule has 2 rings (SSSR count). The predicted molar refractivity (Wildman–Crippen MR) is 84.0 cm³/mol. The van der Waals surface area contributed by atoms with Crippen LogP contribution < -0.4 is 5.32 Å². The minimum Gasteiger partial charge on any atom is -0.347 e. The second-order valence-electron chi connectivity index (χ2n) is 5.96. The SMILES string of the molecule is Cc1cc(C)c2c(c1)c(CCNC(C)C)c(C)n2C. The fourth-order valence-electron chi connectivity index (χ4n) is 3.00. The van der Waals surface area contributed by atoms with Gasteiger partial charge in [-0.15, -0.1) is 0 Å². The molecule has 0 atom stereocenters. The fraction of sp³-hybridized carbons (Fsp3) is 0.529. The third-order valence-corrected chi connectivity index (χ3v) is 3.97. The molecule has 0 amide bonds. The van der Waals surface area contributed by atoms with Crippen molar-refractivity contribution < 1.29 is 0 Å². The van der Waals surface area contributed by atoms with Crippen LogP contribution in [0, 0.1) is 20.8 Å². The van der Waals surface area contributed by atoms with Crippen molar-refractivity contribution in [3.05, 3.63) is 34.5 Å². The number of nitrogens with zero attached hydrogens (tertiary/aromatic N) is 1. The number of aromatic nitrogens is 1. The molecule has 0 bridgehead atoms. The van der Waals surface area contributed by atoms with Crippen molar-refractivity contribution in [1.82, 2.24) is 9.88 Å². The molecule has 2 heteroatoms. The van der Waals surface area contributed by atoms with Gasteiger partial charge in [-0.3, -0.25) is 0 Å². The summed E-state index contributed by atoms with van der Waals surface area (Å²) in [6.45, 7) is 12.1. The standard InChI is InChI=1S/C17H26N2/c1-11(2)18-8-7-15-14(5)19(6)17-13(4)9-12(3)10-16(15)17/h9-11,18H,7-8H2,1-6H3. The predicted octanol–water partition coefficient (Wildman–Crippen LogP) is 3.64. The van der Waals surface area contributed by atoms with Crippen LogP contribution in [0.5, 0.6) is 0 Å². The Kier molecular flexibility index (Phi) is 4.00. The Morgan fingerprint density at radius 3 is 2.47 bits per heavy atom. The summed E-state index contributed by atoms with van der Waals surface area (Å²) in [4.78, 5) is 0. The average Bonchev–Trinajstić information content (AvgIpc) is 2.53. The molecule has 0 saturated carbocycles. The lowest BCUT2D eigenvalue weighted by atomic mass is 10.0. The van der Waals surface area contributed by atoms with Gasteiger partial charge in [0.15, 0.2) is 0 Å². The monoisotopic (exact) mass is 258 g/mol. The third kappa shape index (κ3) is 2.69. The van der Waals surface area contributed by atoms with E-state index in [9.17, 15) is 0 Å². The summed E-state index contributed by atoms with van der Waals surface area (Å²) < 4.78 is 2.34. The van der Waals surface area contributed by atoms with E-state index in [0.717, 1.165) is 13.0 Å². The van der Waals surface area contributed by atoms with E-state index in [1.807, 2.05) is 0 Å². The molecule has 0 aliphatic carbocycles. The maximum atomic E-state index is 3.52. The van der Waals surface area contributed by atoms with Crippen molar-refractivity contribution in [2.24, 2.45) is 7.05 Å². The molecule has 0 spiro atoms. The van der Waals surface area contributed by atoms with E-state index in [1.54, 1.807) is 0 Å². The van der Waals surface area contributed by atoms with E-state index < -0.39 is 0 Å². The molecule has 19 heavy (non-hydrogen) atoms. The van der Waals surface area contributed by atoms with E-state index in [0.29, 0.717) is 6.04 Å². The molecule has 0 aliphatic rings. The molecule has 1 aromatic carbocycles. The van der Waals surface area contributed by atoms with Gasteiger partial charge in [0.2, 0.25) is 0 Å². The number of hydrogen-bond acceptors (Lipinski definition) is 1. The van der Waals surface area contributed by atoms with Crippen LogP contribution >= 0.6 is 0 Å². The quantitative estimate of drug-likeness (QED) is 0.886. The minimum absolute atomic E-state index is 0.554. The maximum Gasteiger partial charge on any atom is 0.0512 e. The molecular formula is C17H26N2. The van der Waals surface area contributed by atoms with Gasteiger partial charge in [-0.05, 0) is 50.9 Å². The third-order valence-electron chi connectivity index (χ3n) is 3.97. The molecule has 2 nitrogen and oxygen atoms in total. The van der Waals surface area contributed by atoms with Gasteiger partial charge in [-0.25, -0.2) is 0 Å². The lowest BCUT2D eigenvalue weighted by molar-refractivity contribution is 0.590. The summed E-state index contributed by atoms with van der Waals surface area (Å²) in [7, 11) is 2.18. The summed E-state index contributed by atoms with van der Waals surface area (Å²) in [6.07, 6.45) is 1.10. The summed E-state index contributed by atoms with van der Waals surface area (Å²) in [5.41, 5.74) is 7.02. The molecular weight excluding hydrogens is 232 g/mol. The smallest absolute Gasteiger partial charge is 0.0512 e. The van der Waals surface area contributed by atoms with Gasteiger partial charge in [0.25, 0.3) is 0 Å². The van der Waals surface area contributed by atoms with E-state index >= 15 is 0 Å². The van der Waals surface area contributed by atoms with Crippen LogP contribution in [0.15, 0.2) is 12.1 Å². The van der Waals surface area contributed by atoms with Crippen molar-refractivity contribution in [2.75, 3.05) is 6.54 Å². The molecule has 1 aromatic heterocycles. The lowest BCUT2D eigenvalue weighted by Gasteiger charge is -2.08. The van der Waals surface area contributed by atoms with Crippen molar-refractivity contribution in [1.29, 1.82) is 0 Å². The summed E-state index contributed by atoms with van der Waals surface area (Å²) >= 11 is 0. The first kappa shape index (κ1) is 14.1. The van der Waals surface area contributed by atoms with Gasteiger partial charge in [-0.2, -0.15) is 0 Å². The van der Waals surface area contributed by atoms with Gasteiger partial charge >= 0.3 is 0 Å². The number of fused-ring (bicyclic) bond motifs is 1. The van der Waals surface area contributed by atoms with Crippen LogP contribution in [0.4, 0.5) is 0 Å². The van der Waals surface area contributed by atoms with E-state index in [4.69, 9.17) is 0 Å². The number of nitrogens with one attached hydrogen (secondary N) is 1. The molecule has 2 aromatic rings. The van der Waals surface area contributed by atoms with E-state index in [2.05, 4.69) is 63.7 Å². The van der Waals surface area contributed by atoms with Crippen molar-refractivity contribution >= 4 is 10.9 Å². The van der Waals surface area contributed by atoms with Crippen molar-refractivity contribution in [2.45, 2.75) is 47.1 Å². The van der Waals surface area contributed by atoms with Gasteiger partial charge in [-0.1, -0.05) is 25.5 Å². The molecule has 0 fully saturated rings. The first-order valence-electron chi connectivity index (χ1n) is 7.20. The van der Waals surface area contributed by atoms with Crippen molar-refractivity contribution in [3.8, 4) is 0 Å². The van der Waals surface area contributed by atoms with Gasteiger partial charge in [0, 0.05) is 24.2 Å². The Labute approximate surface area is 116 Å². The Bertz CT molecular complexity index is 591. The second kappa shape index (κ2) is 5.38. The highest BCUT2D eigenvalue weighted by atomic mass is 15.0. The lowest BCUT2D eigenvalue weighted by Crippen LogP contribution is -2.25. The zero-order valence-corrected chi connectivity index (χ0v) is 13.1. The molecule has 0 unspecified atom stereocenters. The molecule has 1 heterocycles. The Hall–Kier alpha value is -1.28. The Balaban J connectivity index is 2.45. The highest BCUT2D eigenvalue weighted by Crippen LogP contribution is 2.29. The van der Waals surface area contributed by atoms with Gasteiger partial charge in [0.05, 0.1) is 5.52 Å². The molecule has 1 N–H and O–H groups in total. The van der Waals surface area contributed by atoms with Crippen LogP contribution in [-0.4, -0.2) is 17.2 Å². The number of aryl methyl sites for hydroxylation is 3. The van der Waals surface area contributed by atoms with Crippen LogP contribution in [0.3, 0.4) is 0 Å². The second-order valence-corrected chi connectivity index (χ2v) is 5.96. The molecule has 0 radical (unpaired) electrons. The maximum absolute atomic E-state index is 3.52. The van der Waals surface area contributed by atoms with Crippen LogP contribution in [0.25, 0.3) is 10.9 Å². The number of benzene rings is 1. The van der Waals surface area contributed by atoms with Gasteiger partial charge in [0.1, 0.15) is 0 Å². The summed E-state index contributed by atoms with van der Waals surface area (Å²) in [5, 5.41) is 4.95. The highest BCUT2D eigenvalue weighted by Gasteiger charge is 2.13. The van der Waals surface area contributed by atoms with E-state index in [-0.39, 0.29) is 0 Å². The largest absolute Gasteiger partial charge is 0.347 e. The van der Waals surface area contributed by atoms with Crippen LogP contribution in [-0.2, 0) is 13.5 Å². The molecule has 104 valence electrons. The van der Waals surface area contributed by atoms with Gasteiger partial charge < -0.3 is 9.88 Å². The molecule has 0 saturated heterocycles. The summed E-state index contributed by atoms with van der Waals surface area (Å²) in [6, 6.07) is 5.16. The first-order valence-corrected chi connectivity index (χ1v) is 7.20. The van der Waals surface area contributed by atoms with E-state index in [1.165, 1.54) is 33.3 Å². The van der Waals surface area contributed by atoms with Crippen molar-refractivity contribution in [3.63, 3.8) is 0 Å². The zero-order valence-electron chi connectivity index (χ0n) is 13.1. The Morgan fingerprint density at radius 1 is 1.16 bits per heavy atom. The molecule has 0 aliphatic heterocycles. The minimum atomic E-state index is 0.554. The van der Waals surface area contributed by atoms with Crippen LogP contribution in [0.1, 0.15) is 36.2 Å². The zero-order chi connectivity index (χ0) is 14.2. The number of rotatable bonds is 4. The Morgan fingerprint density at radius 2 is 1.84 bits per heavy atom. The first-order chi connectivity index (χ1) is 8.91. The summed E-state index contributed by atoms with van der Waals surface area (Å²) in [5.74, 6) is 0. The fourth-order valence-corrected chi connectivity index (χ4v) is 3.00. The van der Waals surface area contributed by atoms with Crippen LogP contribution in [0.2, 0.25) is 0 Å². The normalized spacial score (nSPS) is 11.7. The highest BCUT2D eigenvalue weighted by molar-refractivity contribution is 5.88. The topological polar surface area (TPSA) is 17.0 Å². The number of hydrogen-bond donors (Lipinski definition) is 1. The average molecular weight is 258 g/mol.